The molecule has 3 unspecified atom stereocenters. The van der Waals surface area contributed by atoms with E-state index in [0.717, 1.165) is 58.5 Å². The highest BCUT2D eigenvalue weighted by atomic mass is 16.5. The molecule has 2 N–H and O–H groups in total. The molecular weight excluding hydrogens is 230 g/mol. The van der Waals surface area contributed by atoms with Crippen molar-refractivity contribution in [3.63, 3.8) is 0 Å². The van der Waals surface area contributed by atoms with Crippen molar-refractivity contribution in [2.75, 3.05) is 33.0 Å². The summed E-state index contributed by atoms with van der Waals surface area (Å²) in [7, 11) is 0. The van der Waals surface area contributed by atoms with Gasteiger partial charge in [-0.25, -0.2) is 0 Å². The Hall–Kier alpha value is -0.160. The molecule has 18 heavy (non-hydrogen) atoms. The molecule has 106 valence electrons. The van der Waals surface area contributed by atoms with Crippen LogP contribution in [-0.4, -0.2) is 49.7 Å². The molecule has 1 saturated carbocycles. The van der Waals surface area contributed by atoms with Gasteiger partial charge in [-0.2, -0.15) is 0 Å². The first kappa shape index (κ1) is 14.3. The summed E-state index contributed by atoms with van der Waals surface area (Å²) in [6.45, 7) is 5.91. The maximum absolute atomic E-state index is 9.60. The Labute approximate surface area is 110 Å². The van der Waals surface area contributed by atoms with E-state index in [4.69, 9.17) is 9.47 Å². The third-order valence-corrected chi connectivity index (χ3v) is 4.21. The lowest BCUT2D eigenvalue weighted by Crippen LogP contribution is -2.47. The molecule has 0 amide bonds. The van der Waals surface area contributed by atoms with Crippen LogP contribution >= 0.6 is 0 Å². The Bertz CT molecular complexity index is 243. The first-order chi connectivity index (χ1) is 8.78. The van der Waals surface area contributed by atoms with Crippen molar-refractivity contribution in [3.8, 4) is 0 Å². The van der Waals surface area contributed by atoms with Crippen molar-refractivity contribution in [3.05, 3.63) is 0 Å². The summed E-state index contributed by atoms with van der Waals surface area (Å²) in [6.07, 6.45) is 5.57. The number of aliphatic hydroxyl groups is 1. The van der Waals surface area contributed by atoms with Crippen LogP contribution in [0.2, 0.25) is 0 Å². The molecule has 2 rings (SSSR count). The zero-order valence-electron chi connectivity index (χ0n) is 11.5. The fourth-order valence-electron chi connectivity index (χ4n) is 2.96. The zero-order valence-corrected chi connectivity index (χ0v) is 11.5. The second-order valence-electron chi connectivity index (χ2n) is 5.79. The van der Waals surface area contributed by atoms with Crippen LogP contribution in [0, 0.1) is 5.92 Å². The van der Waals surface area contributed by atoms with Crippen LogP contribution in [0.15, 0.2) is 0 Å². The smallest absolute Gasteiger partial charge is 0.0614 e. The van der Waals surface area contributed by atoms with Crippen LogP contribution in [0.1, 0.15) is 39.0 Å². The molecule has 2 fully saturated rings. The maximum Gasteiger partial charge on any atom is 0.0614 e. The normalized spacial score (nSPS) is 36.3. The summed E-state index contributed by atoms with van der Waals surface area (Å²) in [5.74, 6) is 0.581. The second kappa shape index (κ2) is 6.85. The van der Waals surface area contributed by atoms with E-state index in [9.17, 15) is 5.11 Å². The molecule has 1 aliphatic heterocycles. The van der Waals surface area contributed by atoms with Crippen molar-refractivity contribution >= 4 is 0 Å². The van der Waals surface area contributed by atoms with Gasteiger partial charge >= 0.3 is 0 Å². The summed E-state index contributed by atoms with van der Waals surface area (Å²) >= 11 is 0. The van der Waals surface area contributed by atoms with Gasteiger partial charge in [0.15, 0.2) is 0 Å². The molecule has 0 radical (unpaired) electrons. The minimum Gasteiger partial charge on any atom is -0.394 e. The van der Waals surface area contributed by atoms with E-state index < -0.39 is 0 Å². The zero-order chi connectivity index (χ0) is 12.8. The summed E-state index contributed by atoms with van der Waals surface area (Å²) in [6, 6.07) is 0. The molecule has 1 saturated heterocycles. The molecule has 4 heteroatoms. The summed E-state index contributed by atoms with van der Waals surface area (Å²) in [5.41, 5.74) is -0.0904. The highest BCUT2D eigenvalue weighted by molar-refractivity contribution is 4.96. The van der Waals surface area contributed by atoms with Crippen LogP contribution in [0.5, 0.6) is 0 Å². The molecule has 4 nitrogen and oxygen atoms in total. The van der Waals surface area contributed by atoms with E-state index in [-0.39, 0.29) is 12.1 Å². The van der Waals surface area contributed by atoms with E-state index in [1.54, 1.807) is 0 Å². The van der Waals surface area contributed by atoms with Gasteiger partial charge in [0.1, 0.15) is 0 Å². The van der Waals surface area contributed by atoms with Gasteiger partial charge in [-0.15, -0.1) is 0 Å². The Morgan fingerprint density at radius 1 is 1.44 bits per heavy atom. The van der Waals surface area contributed by atoms with Gasteiger partial charge in [-0.1, -0.05) is 6.92 Å². The second-order valence-corrected chi connectivity index (χ2v) is 5.79. The Morgan fingerprint density at radius 3 is 3.00 bits per heavy atom. The average molecular weight is 257 g/mol. The number of nitrogens with one attached hydrogen (secondary N) is 1. The SMILES string of the molecule is CCCNC1(CO)CCC(OCC2CCOC2)C1. The summed E-state index contributed by atoms with van der Waals surface area (Å²) < 4.78 is 11.3. The molecule has 2 aliphatic rings. The summed E-state index contributed by atoms with van der Waals surface area (Å²) in [5, 5.41) is 13.1. The fraction of sp³-hybridized carbons (Fsp3) is 1.00. The van der Waals surface area contributed by atoms with Crippen LogP contribution < -0.4 is 5.32 Å². The molecule has 0 aromatic heterocycles. The Kier molecular flexibility index (Phi) is 5.42. The Balaban J connectivity index is 1.71. The van der Waals surface area contributed by atoms with Crippen molar-refractivity contribution in [1.29, 1.82) is 0 Å². The van der Waals surface area contributed by atoms with Gasteiger partial charge in [-0.05, 0) is 38.6 Å². The van der Waals surface area contributed by atoms with Gasteiger partial charge in [0, 0.05) is 18.1 Å². The third-order valence-electron chi connectivity index (χ3n) is 4.21. The number of aliphatic hydroxyl groups excluding tert-OH is 1. The van der Waals surface area contributed by atoms with Gasteiger partial charge in [-0.3, -0.25) is 0 Å². The minimum atomic E-state index is -0.0904. The van der Waals surface area contributed by atoms with Crippen LogP contribution in [0.25, 0.3) is 0 Å². The van der Waals surface area contributed by atoms with E-state index in [0.29, 0.717) is 12.0 Å². The van der Waals surface area contributed by atoms with Crippen molar-refractivity contribution < 1.29 is 14.6 Å². The van der Waals surface area contributed by atoms with Crippen molar-refractivity contribution in [2.45, 2.75) is 50.7 Å². The number of rotatable bonds is 7. The number of hydrogen-bond donors (Lipinski definition) is 2. The van der Waals surface area contributed by atoms with E-state index in [2.05, 4.69) is 12.2 Å². The largest absolute Gasteiger partial charge is 0.394 e. The molecule has 1 heterocycles. The molecule has 3 atom stereocenters. The van der Waals surface area contributed by atoms with Gasteiger partial charge in [0.25, 0.3) is 0 Å². The highest BCUT2D eigenvalue weighted by Crippen LogP contribution is 2.32. The molecule has 0 aromatic carbocycles. The standard InChI is InChI=1S/C14H27NO3/c1-2-6-15-14(11-16)5-3-13(8-14)18-10-12-4-7-17-9-12/h12-13,15-16H,2-11H2,1H3. The molecular formula is C14H27NO3. The molecule has 1 aliphatic carbocycles. The topological polar surface area (TPSA) is 50.7 Å². The molecule has 0 aromatic rings. The Morgan fingerprint density at radius 2 is 2.33 bits per heavy atom. The first-order valence-corrected chi connectivity index (χ1v) is 7.33. The van der Waals surface area contributed by atoms with Gasteiger partial charge in [0.05, 0.1) is 25.9 Å². The van der Waals surface area contributed by atoms with Crippen LogP contribution in [0.4, 0.5) is 0 Å². The summed E-state index contributed by atoms with van der Waals surface area (Å²) in [4.78, 5) is 0. The average Bonchev–Trinajstić information content (AvgIpc) is 3.04. The number of hydrogen-bond acceptors (Lipinski definition) is 4. The molecule has 0 spiro atoms. The van der Waals surface area contributed by atoms with Gasteiger partial charge in [0.2, 0.25) is 0 Å². The van der Waals surface area contributed by atoms with Crippen molar-refractivity contribution in [1.82, 2.24) is 5.32 Å². The third kappa shape index (κ3) is 3.67. The van der Waals surface area contributed by atoms with Gasteiger partial charge < -0.3 is 19.9 Å². The number of ether oxygens (including phenoxy) is 2. The first-order valence-electron chi connectivity index (χ1n) is 7.33. The lowest BCUT2D eigenvalue weighted by Gasteiger charge is -2.28. The van der Waals surface area contributed by atoms with E-state index >= 15 is 0 Å². The molecule has 0 bridgehead atoms. The highest BCUT2D eigenvalue weighted by Gasteiger charge is 2.38. The van der Waals surface area contributed by atoms with Crippen molar-refractivity contribution in [2.24, 2.45) is 5.92 Å². The predicted octanol–water partition coefficient (Wildman–Crippen LogP) is 1.32. The minimum absolute atomic E-state index is 0.0904. The predicted molar refractivity (Wildman–Crippen MR) is 70.6 cm³/mol. The monoisotopic (exact) mass is 257 g/mol. The quantitative estimate of drug-likeness (QED) is 0.722. The van der Waals surface area contributed by atoms with E-state index in [1.165, 1.54) is 0 Å². The lowest BCUT2D eigenvalue weighted by atomic mass is 9.98. The van der Waals surface area contributed by atoms with Crippen LogP contribution in [-0.2, 0) is 9.47 Å². The maximum atomic E-state index is 9.60. The lowest BCUT2D eigenvalue weighted by molar-refractivity contribution is 0.0224. The fourth-order valence-corrected chi connectivity index (χ4v) is 2.96. The van der Waals surface area contributed by atoms with E-state index in [1.807, 2.05) is 0 Å². The van der Waals surface area contributed by atoms with Crippen LogP contribution in [0.3, 0.4) is 0 Å².